The fourth-order valence-electron chi connectivity index (χ4n) is 0.104. The highest BCUT2D eigenvalue weighted by Crippen LogP contribution is 2.39. The van der Waals surface area contributed by atoms with Crippen molar-refractivity contribution < 1.29 is 17.2 Å². The Morgan fingerprint density at radius 1 is 1.29 bits per heavy atom. The predicted octanol–water partition coefficient (Wildman–Crippen LogP) is 2.50. The van der Waals surface area contributed by atoms with Gasteiger partial charge in [0.15, 0.2) is 0 Å². The van der Waals surface area contributed by atoms with Crippen LogP contribution in [-0.2, 0) is 0 Å². The first kappa shape index (κ1) is 7.15. The van der Waals surface area contributed by atoms with Gasteiger partial charge in [0.05, 0.1) is 6.16 Å². The van der Waals surface area contributed by atoms with E-state index in [1.165, 1.54) is 0 Å². The summed E-state index contributed by atoms with van der Waals surface area (Å²) in [5.41, 5.74) is 0. The molecule has 0 heterocycles. The molecule has 0 atom stereocenters. The first-order valence-electron chi connectivity index (χ1n) is 1.50. The molecule has 0 aromatic rings. The van der Waals surface area contributed by atoms with Gasteiger partial charge in [-0.25, -0.2) is 8.78 Å². The lowest BCUT2D eigenvalue weighted by Crippen LogP contribution is -1.91. The van der Waals surface area contributed by atoms with Crippen LogP contribution in [-0.4, -0.2) is 12.6 Å². The van der Waals surface area contributed by atoms with Crippen molar-refractivity contribution in [1.82, 2.24) is 0 Å². The fraction of sp³-hybridized carbons (Fsp3) is 1.00. The van der Waals surface area contributed by atoms with Gasteiger partial charge in [-0.2, -0.15) is 8.39 Å². The molecule has 0 aromatic carbocycles. The van der Waals surface area contributed by atoms with Crippen molar-refractivity contribution in [1.29, 1.82) is 0 Å². The van der Waals surface area contributed by atoms with E-state index in [1.807, 2.05) is 0 Å². The molecule has 0 bridgehead atoms. The second-order valence-electron chi connectivity index (χ2n) is 0.877. The van der Waals surface area contributed by atoms with Crippen LogP contribution in [0, 0.1) is 0 Å². The maximum atomic E-state index is 10.9. The molecular formula is C2H3F4P. The van der Waals surface area contributed by atoms with E-state index in [-0.39, 0.29) is 0 Å². The predicted molar refractivity (Wildman–Crippen MR) is 20.0 cm³/mol. The van der Waals surface area contributed by atoms with Crippen LogP contribution < -0.4 is 0 Å². The lowest BCUT2D eigenvalue weighted by atomic mass is 10.9. The van der Waals surface area contributed by atoms with E-state index >= 15 is 0 Å². The lowest BCUT2D eigenvalue weighted by molar-refractivity contribution is 0.173. The third kappa shape index (κ3) is 6.15. The molecule has 0 rings (SSSR count). The second-order valence-corrected chi connectivity index (χ2v) is 1.85. The van der Waals surface area contributed by atoms with E-state index in [9.17, 15) is 17.2 Å². The van der Waals surface area contributed by atoms with Crippen LogP contribution in [0.3, 0.4) is 0 Å². The van der Waals surface area contributed by atoms with Gasteiger partial charge in [-0.05, 0) is 0 Å². The van der Waals surface area contributed by atoms with Crippen molar-refractivity contribution in [2.45, 2.75) is 6.43 Å². The van der Waals surface area contributed by atoms with E-state index < -0.39 is 21.1 Å². The van der Waals surface area contributed by atoms with Gasteiger partial charge >= 0.3 is 0 Å². The van der Waals surface area contributed by atoms with E-state index in [1.54, 1.807) is 0 Å². The summed E-state index contributed by atoms with van der Waals surface area (Å²) >= 11 is 0. The van der Waals surface area contributed by atoms with Gasteiger partial charge in [0.1, 0.15) is 0 Å². The van der Waals surface area contributed by atoms with Gasteiger partial charge in [-0.3, -0.25) is 0 Å². The van der Waals surface area contributed by atoms with E-state index in [0.29, 0.717) is 0 Å². The van der Waals surface area contributed by atoms with Crippen molar-refractivity contribution in [2.75, 3.05) is 6.16 Å². The van der Waals surface area contributed by atoms with Gasteiger partial charge in [-0.1, -0.05) is 0 Å². The first-order chi connectivity index (χ1) is 3.13. The standard InChI is InChI=1S/C2H3F4P/c3-2(4)1-7(5)6/h2H,1H2. The van der Waals surface area contributed by atoms with E-state index in [4.69, 9.17) is 0 Å². The molecule has 7 heavy (non-hydrogen) atoms. The van der Waals surface area contributed by atoms with Gasteiger partial charge in [0.25, 0.3) is 8.54 Å². The van der Waals surface area contributed by atoms with Crippen molar-refractivity contribution in [2.24, 2.45) is 0 Å². The van der Waals surface area contributed by atoms with Crippen molar-refractivity contribution >= 4 is 8.54 Å². The van der Waals surface area contributed by atoms with Crippen LogP contribution in [0.4, 0.5) is 17.2 Å². The number of alkyl halides is 2. The molecule has 0 saturated carbocycles. The molecule has 0 saturated heterocycles. The number of hydrogen-bond acceptors (Lipinski definition) is 0. The smallest absolute Gasteiger partial charge is 0.210 e. The second kappa shape index (κ2) is 3.19. The van der Waals surface area contributed by atoms with E-state index in [0.717, 1.165) is 0 Å². The monoisotopic (exact) mass is 134 g/mol. The quantitative estimate of drug-likeness (QED) is 0.402. The Balaban J connectivity index is 2.95. The van der Waals surface area contributed by atoms with Crippen molar-refractivity contribution in [3.63, 3.8) is 0 Å². The number of halogens is 4. The minimum absolute atomic E-state index is 1.24. The molecule has 44 valence electrons. The summed E-state index contributed by atoms with van der Waals surface area (Å²) < 4.78 is 43.4. The average molecular weight is 134 g/mol. The Morgan fingerprint density at radius 2 is 1.71 bits per heavy atom. The van der Waals surface area contributed by atoms with Gasteiger partial charge < -0.3 is 0 Å². The molecule has 0 aliphatic heterocycles. The first-order valence-corrected chi connectivity index (χ1v) is 2.81. The van der Waals surface area contributed by atoms with Crippen LogP contribution in [0.2, 0.25) is 0 Å². The minimum atomic E-state index is -3.39. The average Bonchev–Trinajstić information content (AvgIpc) is 1.27. The summed E-state index contributed by atoms with van der Waals surface area (Å²) in [4.78, 5) is 0. The Labute approximate surface area is 39.5 Å². The van der Waals surface area contributed by atoms with E-state index in [2.05, 4.69) is 0 Å². The number of rotatable bonds is 2. The Morgan fingerprint density at radius 3 is 1.71 bits per heavy atom. The highest BCUT2D eigenvalue weighted by molar-refractivity contribution is 7.46. The highest BCUT2D eigenvalue weighted by atomic mass is 31.2. The zero-order valence-corrected chi connectivity index (χ0v) is 4.14. The number of hydrogen-bond donors (Lipinski definition) is 0. The summed E-state index contributed by atoms with van der Waals surface area (Å²) in [5, 5.41) is 0. The normalized spacial score (nSPS) is 11.1. The molecular weight excluding hydrogens is 131 g/mol. The third-order valence-electron chi connectivity index (χ3n) is 0.276. The Kier molecular flexibility index (Phi) is 3.26. The van der Waals surface area contributed by atoms with Crippen LogP contribution >= 0.6 is 8.54 Å². The molecule has 5 heteroatoms. The molecule has 0 N–H and O–H groups in total. The highest BCUT2D eigenvalue weighted by Gasteiger charge is 2.12. The molecule has 0 unspecified atom stereocenters. The van der Waals surface area contributed by atoms with Crippen LogP contribution in [0.15, 0.2) is 0 Å². The molecule has 0 fully saturated rings. The fourth-order valence-corrected chi connectivity index (χ4v) is 0.313. The molecule has 0 spiro atoms. The third-order valence-corrected chi connectivity index (χ3v) is 0.828. The van der Waals surface area contributed by atoms with Gasteiger partial charge in [0, 0.05) is 0 Å². The summed E-state index contributed by atoms with van der Waals surface area (Å²) in [6.07, 6.45) is -4.09. The van der Waals surface area contributed by atoms with Crippen LogP contribution in [0.5, 0.6) is 0 Å². The SMILES string of the molecule is FC(F)CP(F)F. The summed E-state index contributed by atoms with van der Waals surface area (Å²) in [5.74, 6) is 0. The topological polar surface area (TPSA) is 0 Å². The van der Waals surface area contributed by atoms with Crippen LogP contribution in [0.1, 0.15) is 0 Å². The molecule has 0 aliphatic carbocycles. The van der Waals surface area contributed by atoms with Crippen molar-refractivity contribution in [3.8, 4) is 0 Å². The molecule has 0 nitrogen and oxygen atoms in total. The van der Waals surface area contributed by atoms with Crippen molar-refractivity contribution in [3.05, 3.63) is 0 Å². The largest absolute Gasteiger partial charge is 0.272 e. The van der Waals surface area contributed by atoms with Gasteiger partial charge in [-0.15, -0.1) is 0 Å². The summed E-state index contributed by atoms with van der Waals surface area (Å²) in [6, 6.07) is 0. The minimum Gasteiger partial charge on any atom is -0.210 e. The molecule has 0 aromatic heterocycles. The zero-order chi connectivity index (χ0) is 5.86. The molecule has 0 aliphatic rings. The maximum absolute atomic E-state index is 10.9. The zero-order valence-electron chi connectivity index (χ0n) is 3.24. The maximum Gasteiger partial charge on any atom is 0.272 e. The lowest BCUT2D eigenvalue weighted by Gasteiger charge is -1.91. The summed E-state index contributed by atoms with van der Waals surface area (Å²) in [6.45, 7) is 0. The van der Waals surface area contributed by atoms with Gasteiger partial charge in [0.2, 0.25) is 6.43 Å². The Bertz CT molecular complexity index is 39.0. The Hall–Kier alpha value is 0.150. The molecule has 0 amide bonds. The summed E-state index contributed by atoms with van der Waals surface area (Å²) in [7, 11) is -3.39. The van der Waals surface area contributed by atoms with Crippen LogP contribution in [0.25, 0.3) is 0 Å². The molecule has 0 radical (unpaired) electrons.